The molecule has 0 atom stereocenters. The fourth-order valence-electron chi connectivity index (χ4n) is 1.50. The maximum atomic E-state index is 10.5. The summed E-state index contributed by atoms with van der Waals surface area (Å²) in [7, 11) is 0. The maximum Gasteiger partial charge on any atom is 0.269 e. The summed E-state index contributed by atoms with van der Waals surface area (Å²) in [6, 6.07) is 11.8. The van der Waals surface area contributed by atoms with Crippen LogP contribution in [0.1, 0.15) is 11.1 Å². The molecule has 6 heteroatoms. The Morgan fingerprint density at radius 2 is 1.00 bits per heavy atom. The molecule has 6 nitrogen and oxygen atoms in total. The van der Waals surface area contributed by atoms with Crippen LogP contribution in [0.25, 0.3) is 0 Å². The van der Waals surface area contributed by atoms with Gasteiger partial charge in [-0.2, -0.15) is 0 Å². The van der Waals surface area contributed by atoms with Gasteiger partial charge < -0.3 is 0 Å². The summed E-state index contributed by atoms with van der Waals surface area (Å²) in [5.74, 6) is 0. The molecule has 0 aliphatic carbocycles. The zero-order valence-electron chi connectivity index (χ0n) is 9.65. The van der Waals surface area contributed by atoms with E-state index in [-0.39, 0.29) is 11.4 Å². The first kappa shape index (κ1) is 12.7. The molecule has 0 amide bonds. The maximum absolute atomic E-state index is 10.5. The van der Waals surface area contributed by atoms with Gasteiger partial charge in [0.15, 0.2) is 0 Å². The van der Waals surface area contributed by atoms with E-state index in [0.29, 0.717) is 11.1 Å². The van der Waals surface area contributed by atoms with Crippen molar-refractivity contribution in [1.82, 2.24) is 0 Å². The fraction of sp³-hybridized carbons (Fsp3) is 0. The lowest BCUT2D eigenvalue weighted by Gasteiger charge is -2.00. The lowest BCUT2D eigenvalue weighted by Crippen LogP contribution is -1.90. The molecule has 0 unspecified atom stereocenters. The summed E-state index contributed by atoms with van der Waals surface area (Å²) in [4.78, 5) is 20.0. The second-order valence-electron chi connectivity index (χ2n) is 3.73. The first-order chi connectivity index (χ1) is 9.06. The minimum atomic E-state index is -0.477. The molecular weight excluding hydrogens is 248 g/mol. The van der Waals surface area contributed by atoms with E-state index in [1.807, 2.05) is 0 Å². The van der Waals surface area contributed by atoms with Crippen molar-refractivity contribution in [1.29, 1.82) is 0 Å². The first-order valence-electron chi connectivity index (χ1n) is 5.32. The molecule has 0 spiro atoms. The molecule has 94 valence electrons. The third-order valence-corrected chi connectivity index (χ3v) is 2.44. The summed E-state index contributed by atoms with van der Waals surface area (Å²) in [6.45, 7) is 0. The molecule has 0 bridgehead atoms. The molecule has 0 aromatic heterocycles. The Hall–Kier alpha value is -2.76. The monoisotopic (exact) mass is 256 g/mol. The SMILES string of the molecule is O=[N+]([O-])c1ccc([C]c2ccc([N+](=O)[O-])cc2)cc1. The van der Waals surface area contributed by atoms with Crippen molar-refractivity contribution >= 4 is 11.4 Å². The number of nitro groups is 2. The summed E-state index contributed by atoms with van der Waals surface area (Å²) >= 11 is 0. The Bertz CT molecular complexity index is 550. The van der Waals surface area contributed by atoms with Crippen LogP contribution in [0.5, 0.6) is 0 Å². The van der Waals surface area contributed by atoms with Crippen LogP contribution in [0, 0.1) is 26.6 Å². The summed E-state index contributed by atoms with van der Waals surface area (Å²) in [5, 5.41) is 21.0. The minimum absolute atomic E-state index is 0.00856. The van der Waals surface area contributed by atoms with E-state index in [1.54, 1.807) is 24.3 Å². The van der Waals surface area contributed by atoms with Gasteiger partial charge in [-0.05, 0) is 11.1 Å². The van der Waals surface area contributed by atoms with E-state index < -0.39 is 9.85 Å². The predicted molar refractivity (Wildman–Crippen MR) is 67.6 cm³/mol. The average Bonchev–Trinajstić information content (AvgIpc) is 2.40. The van der Waals surface area contributed by atoms with Crippen molar-refractivity contribution < 1.29 is 9.85 Å². The van der Waals surface area contributed by atoms with E-state index in [4.69, 9.17) is 0 Å². The van der Waals surface area contributed by atoms with Crippen LogP contribution in [0.4, 0.5) is 11.4 Å². The summed E-state index contributed by atoms with van der Waals surface area (Å²) in [5.41, 5.74) is 1.35. The van der Waals surface area contributed by atoms with Crippen LogP contribution in [-0.4, -0.2) is 9.85 Å². The van der Waals surface area contributed by atoms with Crippen molar-refractivity contribution in [2.75, 3.05) is 0 Å². The van der Waals surface area contributed by atoms with Gasteiger partial charge in [0, 0.05) is 24.3 Å². The Morgan fingerprint density at radius 1 is 0.684 bits per heavy atom. The summed E-state index contributed by atoms with van der Waals surface area (Å²) < 4.78 is 0. The highest BCUT2D eigenvalue weighted by Crippen LogP contribution is 2.18. The molecule has 0 heterocycles. The third-order valence-electron chi connectivity index (χ3n) is 2.44. The molecule has 0 N–H and O–H groups in total. The molecule has 2 aromatic carbocycles. The smallest absolute Gasteiger partial charge is 0.258 e. The van der Waals surface area contributed by atoms with E-state index >= 15 is 0 Å². The van der Waals surface area contributed by atoms with Crippen LogP contribution in [-0.2, 0) is 0 Å². The highest BCUT2D eigenvalue weighted by atomic mass is 16.6. The Balaban J connectivity index is 2.12. The number of rotatable bonds is 4. The second kappa shape index (κ2) is 5.26. The number of nitrogens with zero attached hydrogens (tertiary/aromatic N) is 2. The highest BCUT2D eigenvalue weighted by Gasteiger charge is 2.07. The van der Waals surface area contributed by atoms with Crippen molar-refractivity contribution in [2.45, 2.75) is 0 Å². The zero-order chi connectivity index (χ0) is 13.8. The van der Waals surface area contributed by atoms with Gasteiger partial charge in [0.05, 0.1) is 16.3 Å². The number of hydrogen-bond acceptors (Lipinski definition) is 4. The molecule has 0 aliphatic rings. The molecule has 0 saturated carbocycles. The van der Waals surface area contributed by atoms with Crippen LogP contribution in [0.3, 0.4) is 0 Å². The molecule has 2 radical (unpaired) electrons. The van der Waals surface area contributed by atoms with Crippen LogP contribution in [0.2, 0.25) is 0 Å². The normalized spacial score (nSPS) is 10.1. The van der Waals surface area contributed by atoms with Crippen LogP contribution < -0.4 is 0 Å². The van der Waals surface area contributed by atoms with Gasteiger partial charge in [-0.15, -0.1) is 0 Å². The molecular formula is C13H8N2O4. The topological polar surface area (TPSA) is 86.3 Å². The van der Waals surface area contributed by atoms with Gasteiger partial charge in [0.1, 0.15) is 0 Å². The van der Waals surface area contributed by atoms with E-state index in [2.05, 4.69) is 6.42 Å². The minimum Gasteiger partial charge on any atom is -0.258 e. The predicted octanol–water partition coefficient (Wildman–Crippen LogP) is 2.98. The van der Waals surface area contributed by atoms with Gasteiger partial charge >= 0.3 is 0 Å². The van der Waals surface area contributed by atoms with E-state index in [9.17, 15) is 20.2 Å². The standard InChI is InChI=1S/C13H8N2O4/c16-14(17)12-5-1-10(2-6-12)9-11-3-7-13(8-4-11)15(18)19/h1-8H. The molecule has 19 heavy (non-hydrogen) atoms. The van der Waals surface area contributed by atoms with Crippen molar-refractivity contribution in [2.24, 2.45) is 0 Å². The molecule has 0 fully saturated rings. The van der Waals surface area contributed by atoms with E-state index in [1.165, 1.54) is 24.3 Å². The number of nitro benzene ring substituents is 2. The highest BCUT2D eigenvalue weighted by molar-refractivity contribution is 5.44. The van der Waals surface area contributed by atoms with Gasteiger partial charge in [0.25, 0.3) is 11.4 Å². The van der Waals surface area contributed by atoms with Gasteiger partial charge in [-0.3, -0.25) is 20.2 Å². The number of non-ortho nitro benzene ring substituents is 2. The van der Waals surface area contributed by atoms with Gasteiger partial charge in [-0.25, -0.2) is 0 Å². The average molecular weight is 256 g/mol. The third kappa shape index (κ3) is 3.12. The zero-order valence-corrected chi connectivity index (χ0v) is 9.65. The van der Waals surface area contributed by atoms with Crippen molar-refractivity contribution in [3.63, 3.8) is 0 Å². The molecule has 2 rings (SSSR count). The van der Waals surface area contributed by atoms with Crippen molar-refractivity contribution in [3.05, 3.63) is 86.3 Å². The first-order valence-corrected chi connectivity index (χ1v) is 5.32. The molecule has 0 aliphatic heterocycles. The van der Waals surface area contributed by atoms with Crippen LogP contribution >= 0.6 is 0 Å². The quantitative estimate of drug-likeness (QED) is 0.621. The Morgan fingerprint density at radius 3 is 1.26 bits per heavy atom. The van der Waals surface area contributed by atoms with Gasteiger partial charge in [-0.1, -0.05) is 24.3 Å². The number of benzene rings is 2. The fourth-order valence-corrected chi connectivity index (χ4v) is 1.50. The lowest BCUT2D eigenvalue weighted by atomic mass is 10.0. The number of hydrogen-bond donors (Lipinski definition) is 0. The Kier molecular flexibility index (Phi) is 3.51. The largest absolute Gasteiger partial charge is 0.269 e. The summed E-state index contributed by atoms with van der Waals surface area (Å²) in [6.07, 6.45) is 2.99. The molecule has 2 aromatic rings. The van der Waals surface area contributed by atoms with Gasteiger partial charge in [0.2, 0.25) is 0 Å². The Labute approximate surface area is 108 Å². The van der Waals surface area contributed by atoms with E-state index in [0.717, 1.165) is 0 Å². The lowest BCUT2D eigenvalue weighted by molar-refractivity contribution is -0.385. The van der Waals surface area contributed by atoms with Crippen LogP contribution in [0.15, 0.2) is 48.5 Å². The van der Waals surface area contributed by atoms with Crippen molar-refractivity contribution in [3.8, 4) is 0 Å². The molecule has 0 saturated heterocycles. The second-order valence-corrected chi connectivity index (χ2v) is 3.73.